The zero-order valence-electron chi connectivity index (χ0n) is 18.3. The number of β-lactam (4-membered cyclic amide) rings is 1. The second-order valence-electron chi connectivity index (χ2n) is 8.31. The fourth-order valence-electron chi connectivity index (χ4n) is 4.08. The number of nitrogens with zero attached hydrogens (tertiary/aromatic N) is 2. The van der Waals surface area contributed by atoms with E-state index in [-0.39, 0.29) is 18.2 Å². The topological polar surface area (TPSA) is 52.7 Å². The number of carbonyl (C=O) groups is 2. The van der Waals surface area contributed by atoms with Crippen LogP contribution in [-0.4, -0.2) is 25.9 Å². The van der Waals surface area contributed by atoms with Crippen molar-refractivity contribution in [2.45, 2.75) is 25.8 Å². The lowest BCUT2D eigenvalue weighted by molar-refractivity contribution is -0.137. The summed E-state index contributed by atoms with van der Waals surface area (Å²) in [5, 5.41) is 3.08. The Morgan fingerprint density at radius 3 is 2.16 bits per heavy atom. The molecule has 158 valence electrons. The predicted octanol–water partition coefficient (Wildman–Crippen LogP) is 4.64. The van der Waals surface area contributed by atoms with Crippen LogP contribution in [0.3, 0.4) is 0 Å². The first-order chi connectivity index (χ1) is 14.8. The van der Waals surface area contributed by atoms with Gasteiger partial charge in [0.05, 0.1) is 6.42 Å². The molecule has 3 aromatic carbocycles. The average molecular weight is 414 g/mol. The monoisotopic (exact) mass is 413 g/mol. The first-order valence-electron chi connectivity index (χ1n) is 10.4. The first kappa shape index (κ1) is 20.7. The molecule has 31 heavy (non-hydrogen) atoms. The molecule has 1 saturated heterocycles. The van der Waals surface area contributed by atoms with Crippen LogP contribution >= 0.6 is 0 Å². The molecule has 0 saturated carbocycles. The highest BCUT2D eigenvalue weighted by Gasteiger charge is 2.58. The molecule has 1 atom stereocenters. The Kier molecular flexibility index (Phi) is 5.27. The number of rotatable bonds is 5. The van der Waals surface area contributed by atoms with E-state index >= 15 is 0 Å². The Bertz CT molecular complexity index is 1120. The van der Waals surface area contributed by atoms with Gasteiger partial charge in [0.1, 0.15) is 0 Å². The standard InChI is InChI=1S/C26H27N3O2/c1-18-9-13-22(14-10-18)29-24(30)17-26(29,20-11-15-21(16-12-20)28(3)4)25(31)27-23-8-6-5-7-19(23)2/h5-16H,17H2,1-4H3,(H,27,31). The Morgan fingerprint density at radius 2 is 1.58 bits per heavy atom. The van der Waals surface area contributed by atoms with Crippen LogP contribution in [-0.2, 0) is 15.1 Å². The molecule has 1 N–H and O–H groups in total. The summed E-state index contributed by atoms with van der Waals surface area (Å²) in [5.74, 6) is -0.278. The van der Waals surface area contributed by atoms with Gasteiger partial charge in [-0.05, 0) is 55.3 Å². The van der Waals surface area contributed by atoms with Gasteiger partial charge < -0.3 is 10.2 Å². The van der Waals surface area contributed by atoms with Gasteiger partial charge in [-0.25, -0.2) is 0 Å². The van der Waals surface area contributed by atoms with E-state index in [9.17, 15) is 9.59 Å². The summed E-state index contributed by atoms with van der Waals surface area (Å²) < 4.78 is 0. The molecule has 1 heterocycles. The van der Waals surface area contributed by atoms with Gasteiger partial charge in [-0.1, -0.05) is 48.0 Å². The van der Waals surface area contributed by atoms with E-state index in [1.807, 2.05) is 106 Å². The first-order valence-corrected chi connectivity index (χ1v) is 10.4. The molecular formula is C26H27N3O2. The van der Waals surface area contributed by atoms with Crippen LogP contribution in [0.25, 0.3) is 0 Å². The molecular weight excluding hydrogens is 386 g/mol. The maximum absolute atomic E-state index is 13.8. The lowest BCUT2D eigenvalue weighted by Crippen LogP contribution is -2.67. The number of nitrogens with one attached hydrogen (secondary N) is 1. The molecule has 1 unspecified atom stereocenters. The zero-order valence-corrected chi connectivity index (χ0v) is 18.3. The van der Waals surface area contributed by atoms with Gasteiger partial charge in [-0.2, -0.15) is 0 Å². The number of amides is 2. The number of hydrogen-bond donors (Lipinski definition) is 1. The summed E-state index contributed by atoms with van der Waals surface area (Å²) in [6.07, 6.45) is 0.125. The molecule has 5 nitrogen and oxygen atoms in total. The Hall–Kier alpha value is -3.60. The summed E-state index contributed by atoms with van der Waals surface area (Å²) >= 11 is 0. The second-order valence-corrected chi connectivity index (χ2v) is 8.31. The molecule has 2 amide bonds. The van der Waals surface area contributed by atoms with Crippen molar-refractivity contribution >= 4 is 28.9 Å². The zero-order chi connectivity index (χ0) is 22.2. The van der Waals surface area contributed by atoms with Crippen molar-refractivity contribution in [3.63, 3.8) is 0 Å². The fourth-order valence-corrected chi connectivity index (χ4v) is 4.08. The van der Waals surface area contributed by atoms with Crippen molar-refractivity contribution in [2.75, 3.05) is 29.2 Å². The molecule has 3 aromatic rings. The van der Waals surface area contributed by atoms with Crippen molar-refractivity contribution < 1.29 is 9.59 Å². The van der Waals surface area contributed by atoms with Gasteiger partial charge in [0, 0.05) is 31.2 Å². The molecule has 0 spiro atoms. The third kappa shape index (κ3) is 3.56. The lowest BCUT2D eigenvalue weighted by atomic mass is 9.75. The van der Waals surface area contributed by atoms with E-state index in [1.54, 1.807) is 4.90 Å². The molecule has 1 fully saturated rings. The van der Waals surface area contributed by atoms with Crippen molar-refractivity contribution in [2.24, 2.45) is 0 Å². The van der Waals surface area contributed by atoms with Crippen molar-refractivity contribution in [1.29, 1.82) is 0 Å². The summed E-state index contributed by atoms with van der Waals surface area (Å²) in [6, 6.07) is 23.2. The maximum Gasteiger partial charge on any atom is 0.255 e. The highest BCUT2D eigenvalue weighted by Crippen LogP contribution is 2.46. The van der Waals surface area contributed by atoms with Crippen LogP contribution in [0.5, 0.6) is 0 Å². The highest BCUT2D eigenvalue weighted by molar-refractivity contribution is 6.17. The third-order valence-corrected chi connectivity index (χ3v) is 5.96. The van der Waals surface area contributed by atoms with Crippen molar-refractivity contribution in [3.05, 3.63) is 89.5 Å². The summed E-state index contributed by atoms with van der Waals surface area (Å²) in [4.78, 5) is 30.2. The van der Waals surface area contributed by atoms with E-state index < -0.39 is 5.54 Å². The highest BCUT2D eigenvalue weighted by atomic mass is 16.2. The Balaban J connectivity index is 1.80. The fraction of sp³-hybridized carbons (Fsp3) is 0.231. The third-order valence-electron chi connectivity index (χ3n) is 5.96. The number of anilines is 3. The molecule has 0 radical (unpaired) electrons. The SMILES string of the molecule is Cc1ccc(N2C(=O)CC2(C(=O)Nc2ccccc2C)c2ccc(N(C)C)cc2)cc1. The second kappa shape index (κ2) is 7.91. The van der Waals surface area contributed by atoms with E-state index in [2.05, 4.69) is 5.32 Å². The van der Waals surface area contributed by atoms with Crippen LogP contribution in [0.15, 0.2) is 72.8 Å². The summed E-state index contributed by atoms with van der Waals surface area (Å²) in [5.41, 5.74) is 4.27. The van der Waals surface area contributed by atoms with Gasteiger partial charge in [-0.3, -0.25) is 14.5 Å². The molecule has 4 rings (SSSR count). The van der Waals surface area contributed by atoms with Crippen molar-refractivity contribution in [1.82, 2.24) is 0 Å². The van der Waals surface area contributed by atoms with Crippen LogP contribution in [0.1, 0.15) is 23.1 Å². The predicted molar refractivity (Wildman–Crippen MR) is 126 cm³/mol. The molecule has 5 heteroatoms. The molecule has 0 aromatic heterocycles. The number of benzene rings is 3. The van der Waals surface area contributed by atoms with Gasteiger partial charge in [0.25, 0.3) is 5.91 Å². The number of para-hydroxylation sites is 1. The maximum atomic E-state index is 13.8. The molecule has 1 aliphatic rings. The molecule has 0 bridgehead atoms. The quantitative estimate of drug-likeness (QED) is 0.620. The van der Waals surface area contributed by atoms with Crippen LogP contribution in [0, 0.1) is 13.8 Å². The number of aryl methyl sites for hydroxylation is 2. The van der Waals surface area contributed by atoms with Crippen LogP contribution in [0.4, 0.5) is 17.1 Å². The number of carbonyl (C=O) groups excluding carboxylic acids is 2. The van der Waals surface area contributed by atoms with E-state index in [0.29, 0.717) is 0 Å². The van der Waals surface area contributed by atoms with E-state index in [4.69, 9.17) is 0 Å². The van der Waals surface area contributed by atoms with E-state index in [0.717, 1.165) is 33.8 Å². The minimum atomic E-state index is -1.10. The lowest BCUT2D eigenvalue weighted by Gasteiger charge is -2.50. The minimum Gasteiger partial charge on any atom is -0.378 e. The van der Waals surface area contributed by atoms with Gasteiger partial charge in [0.2, 0.25) is 5.91 Å². The summed E-state index contributed by atoms with van der Waals surface area (Å²) in [6.45, 7) is 3.96. The Morgan fingerprint density at radius 1 is 0.935 bits per heavy atom. The van der Waals surface area contributed by atoms with Crippen molar-refractivity contribution in [3.8, 4) is 0 Å². The molecule has 0 aliphatic carbocycles. The number of hydrogen-bond acceptors (Lipinski definition) is 3. The summed E-state index contributed by atoms with van der Waals surface area (Å²) in [7, 11) is 3.95. The van der Waals surface area contributed by atoms with Gasteiger partial charge >= 0.3 is 0 Å². The van der Waals surface area contributed by atoms with Crippen LogP contribution < -0.4 is 15.1 Å². The van der Waals surface area contributed by atoms with Gasteiger partial charge in [0.15, 0.2) is 5.54 Å². The normalized spacial score (nSPS) is 17.8. The van der Waals surface area contributed by atoms with Crippen LogP contribution in [0.2, 0.25) is 0 Å². The van der Waals surface area contributed by atoms with Gasteiger partial charge in [-0.15, -0.1) is 0 Å². The Labute approximate surface area is 183 Å². The minimum absolute atomic E-state index is 0.0690. The largest absolute Gasteiger partial charge is 0.378 e. The molecule has 1 aliphatic heterocycles. The van der Waals surface area contributed by atoms with E-state index in [1.165, 1.54) is 0 Å². The average Bonchev–Trinajstić information content (AvgIpc) is 2.75. The smallest absolute Gasteiger partial charge is 0.255 e.